The van der Waals surface area contributed by atoms with Gasteiger partial charge in [0, 0.05) is 45.5 Å². The minimum Gasteiger partial charge on any atom is -0.496 e. The number of hydrogen-bond acceptors (Lipinski definition) is 5. The third kappa shape index (κ3) is 3.65. The fourth-order valence-corrected chi connectivity index (χ4v) is 4.51. The summed E-state index contributed by atoms with van der Waals surface area (Å²) in [5, 5.41) is 1.97. The highest BCUT2D eigenvalue weighted by atomic mass is 32.2. The maximum atomic E-state index is 11.7. The molecular formula is C24H20N4O3S. The number of rotatable bonds is 5. The van der Waals surface area contributed by atoms with Crippen LogP contribution in [0.1, 0.15) is 0 Å². The molecule has 0 unspecified atom stereocenters. The Balaban J connectivity index is 1.79. The molecule has 0 amide bonds. The van der Waals surface area contributed by atoms with Crippen molar-refractivity contribution >= 4 is 37.5 Å². The van der Waals surface area contributed by atoms with Gasteiger partial charge in [0.1, 0.15) is 5.75 Å². The van der Waals surface area contributed by atoms with Crippen molar-refractivity contribution in [2.24, 2.45) is 0 Å². The summed E-state index contributed by atoms with van der Waals surface area (Å²) >= 11 is 0. The maximum absolute atomic E-state index is 11.7. The highest BCUT2D eigenvalue weighted by Crippen LogP contribution is 2.42. The number of aromatic amines is 1. The normalized spacial score (nSPS) is 11.7. The Morgan fingerprint density at radius 3 is 2.56 bits per heavy atom. The number of fused-ring (bicyclic) bond motifs is 3. The van der Waals surface area contributed by atoms with E-state index in [2.05, 4.69) is 19.7 Å². The molecule has 0 radical (unpaired) electrons. The fraction of sp³-hybridized carbons (Fsp3) is 0.0833. The van der Waals surface area contributed by atoms with Gasteiger partial charge in [0.05, 0.1) is 30.8 Å². The minimum absolute atomic E-state index is 0.488. The van der Waals surface area contributed by atoms with Gasteiger partial charge >= 0.3 is 0 Å². The van der Waals surface area contributed by atoms with Gasteiger partial charge in [0.15, 0.2) is 0 Å². The van der Waals surface area contributed by atoms with E-state index in [9.17, 15) is 8.42 Å². The number of nitrogens with one attached hydrogen (secondary N) is 2. The lowest BCUT2D eigenvalue weighted by Gasteiger charge is -2.13. The van der Waals surface area contributed by atoms with Crippen LogP contribution in [0.25, 0.3) is 44.2 Å². The van der Waals surface area contributed by atoms with Crippen molar-refractivity contribution in [1.82, 2.24) is 15.0 Å². The zero-order valence-corrected chi connectivity index (χ0v) is 18.3. The quantitative estimate of drug-likeness (QED) is 0.405. The zero-order valence-electron chi connectivity index (χ0n) is 17.5. The lowest BCUT2D eigenvalue weighted by molar-refractivity contribution is 0.417. The number of methoxy groups -OCH3 is 1. The summed E-state index contributed by atoms with van der Waals surface area (Å²) in [5.41, 5.74) is 5.76. The third-order valence-electron chi connectivity index (χ3n) is 5.24. The molecule has 5 aromatic rings. The summed E-state index contributed by atoms with van der Waals surface area (Å²) in [5.74, 6) is 0.689. The Morgan fingerprint density at radius 2 is 1.81 bits per heavy atom. The van der Waals surface area contributed by atoms with Crippen LogP contribution in [0.4, 0.5) is 5.69 Å². The topological polar surface area (TPSA) is 97.0 Å². The third-order valence-corrected chi connectivity index (χ3v) is 5.85. The molecule has 2 N–H and O–H groups in total. The first-order chi connectivity index (χ1) is 15.4. The molecule has 0 aliphatic carbocycles. The van der Waals surface area contributed by atoms with E-state index in [0.29, 0.717) is 11.4 Å². The van der Waals surface area contributed by atoms with Gasteiger partial charge in [-0.05, 0) is 48.0 Å². The van der Waals surface area contributed by atoms with Crippen LogP contribution >= 0.6 is 0 Å². The average Bonchev–Trinajstić information content (AvgIpc) is 3.16. The van der Waals surface area contributed by atoms with E-state index >= 15 is 0 Å². The first-order valence-corrected chi connectivity index (χ1v) is 11.8. The van der Waals surface area contributed by atoms with E-state index in [0.717, 1.165) is 50.4 Å². The van der Waals surface area contributed by atoms with Crippen molar-refractivity contribution in [3.63, 3.8) is 0 Å². The molecular weight excluding hydrogens is 424 g/mol. The Labute approximate surface area is 185 Å². The molecule has 0 aliphatic rings. The van der Waals surface area contributed by atoms with Crippen molar-refractivity contribution in [2.75, 3.05) is 18.1 Å². The van der Waals surface area contributed by atoms with E-state index in [1.807, 2.05) is 48.7 Å². The van der Waals surface area contributed by atoms with E-state index in [4.69, 9.17) is 4.74 Å². The first kappa shape index (κ1) is 20.0. The summed E-state index contributed by atoms with van der Waals surface area (Å²) < 4.78 is 31.7. The van der Waals surface area contributed by atoms with Gasteiger partial charge in [0.2, 0.25) is 10.0 Å². The van der Waals surface area contributed by atoms with Gasteiger partial charge in [-0.2, -0.15) is 0 Å². The van der Waals surface area contributed by atoms with Gasteiger partial charge < -0.3 is 9.72 Å². The van der Waals surface area contributed by atoms with Gasteiger partial charge in [-0.3, -0.25) is 14.7 Å². The number of nitrogens with zero attached hydrogens (tertiary/aromatic N) is 2. The van der Waals surface area contributed by atoms with Gasteiger partial charge in [-0.1, -0.05) is 12.1 Å². The molecule has 3 heterocycles. The van der Waals surface area contributed by atoms with Crippen LogP contribution in [0.3, 0.4) is 0 Å². The van der Waals surface area contributed by atoms with E-state index < -0.39 is 10.0 Å². The van der Waals surface area contributed by atoms with Crippen molar-refractivity contribution in [2.45, 2.75) is 0 Å². The maximum Gasteiger partial charge on any atom is 0.229 e. The lowest BCUT2D eigenvalue weighted by atomic mass is 9.97. The number of aromatic nitrogens is 3. The largest absolute Gasteiger partial charge is 0.496 e. The summed E-state index contributed by atoms with van der Waals surface area (Å²) in [6.07, 6.45) is 6.46. The van der Waals surface area contributed by atoms with Crippen LogP contribution in [0.15, 0.2) is 73.2 Å². The van der Waals surface area contributed by atoms with Crippen molar-refractivity contribution in [3.8, 4) is 28.1 Å². The van der Waals surface area contributed by atoms with Crippen LogP contribution in [0.5, 0.6) is 5.75 Å². The molecule has 0 aliphatic heterocycles. The second-order valence-corrected chi connectivity index (χ2v) is 9.25. The van der Waals surface area contributed by atoms with E-state index in [-0.39, 0.29) is 0 Å². The van der Waals surface area contributed by atoms with Gasteiger partial charge in [0.25, 0.3) is 0 Å². The molecule has 2 aromatic carbocycles. The Bertz CT molecular complexity index is 1560. The predicted molar refractivity (Wildman–Crippen MR) is 127 cm³/mol. The highest BCUT2D eigenvalue weighted by molar-refractivity contribution is 7.92. The molecule has 0 bridgehead atoms. The lowest BCUT2D eigenvalue weighted by Crippen LogP contribution is -2.09. The van der Waals surface area contributed by atoms with Gasteiger partial charge in [-0.25, -0.2) is 8.42 Å². The Morgan fingerprint density at radius 1 is 0.969 bits per heavy atom. The predicted octanol–water partition coefficient (Wildman–Crippen LogP) is 4.83. The smallest absolute Gasteiger partial charge is 0.229 e. The van der Waals surface area contributed by atoms with Crippen LogP contribution < -0.4 is 9.46 Å². The van der Waals surface area contributed by atoms with Gasteiger partial charge in [-0.15, -0.1) is 0 Å². The number of benzene rings is 2. The second kappa shape index (κ2) is 7.65. The number of pyridine rings is 2. The molecule has 8 heteroatoms. The molecule has 160 valence electrons. The fourth-order valence-electron chi connectivity index (χ4n) is 3.96. The number of sulfonamides is 1. The molecule has 32 heavy (non-hydrogen) atoms. The van der Waals surface area contributed by atoms with Crippen LogP contribution in [-0.4, -0.2) is 36.7 Å². The first-order valence-electron chi connectivity index (χ1n) is 9.90. The molecule has 0 fully saturated rings. The summed E-state index contributed by atoms with van der Waals surface area (Å²) in [7, 11) is -1.77. The molecule has 0 atom stereocenters. The van der Waals surface area contributed by atoms with Crippen LogP contribution in [-0.2, 0) is 10.0 Å². The number of ether oxygens (including phenoxy) is 1. The monoisotopic (exact) mass is 444 g/mol. The number of anilines is 1. The Kier molecular flexibility index (Phi) is 4.79. The zero-order chi connectivity index (χ0) is 22.3. The van der Waals surface area contributed by atoms with E-state index in [1.165, 1.54) is 0 Å². The summed E-state index contributed by atoms with van der Waals surface area (Å²) in [6, 6.07) is 17.0. The SMILES string of the molecule is COc1ccc2[nH]c3cnc(-c4cccnc4)cc3c2c1-c1cccc(NS(C)(=O)=O)c1. The molecule has 0 saturated carbocycles. The van der Waals surface area contributed by atoms with Crippen LogP contribution in [0, 0.1) is 0 Å². The van der Waals surface area contributed by atoms with E-state index in [1.54, 1.807) is 31.6 Å². The van der Waals surface area contributed by atoms with Crippen molar-refractivity contribution < 1.29 is 13.2 Å². The summed E-state index contributed by atoms with van der Waals surface area (Å²) in [6.45, 7) is 0. The standard InChI is InChI=1S/C24H20N4O3S/c1-31-22-9-8-19-24(23(22)15-5-3-7-17(11-15)28-32(2,29)30)18-12-20(26-14-21(18)27-19)16-6-4-10-25-13-16/h3-14,27-28H,1-2H3. The number of H-pyrrole nitrogens is 1. The molecule has 5 rings (SSSR count). The minimum atomic E-state index is -3.40. The van der Waals surface area contributed by atoms with Crippen molar-refractivity contribution in [1.29, 1.82) is 0 Å². The second-order valence-electron chi connectivity index (χ2n) is 7.50. The summed E-state index contributed by atoms with van der Waals surface area (Å²) in [4.78, 5) is 12.2. The molecule has 0 spiro atoms. The highest BCUT2D eigenvalue weighted by Gasteiger charge is 2.17. The van der Waals surface area contributed by atoms with Crippen molar-refractivity contribution in [3.05, 3.63) is 73.2 Å². The van der Waals surface area contributed by atoms with Crippen LogP contribution in [0.2, 0.25) is 0 Å². The molecule has 3 aromatic heterocycles. The number of hydrogen-bond donors (Lipinski definition) is 2. The molecule has 0 saturated heterocycles. The average molecular weight is 445 g/mol. The Hall–Kier alpha value is -3.91. The molecule has 7 nitrogen and oxygen atoms in total.